The van der Waals surface area contributed by atoms with E-state index in [9.17, 15) is 0 Å². The van der Waals surface area contributed by atoms with Crippen molar-refractivity contribution in [2.24, 2.45) is 0 Å². The van der Waals surface area contributed by atoms with Gasteiger partial charge >= 0.3 is 0 Å². The summed E-state index contributed by atoms with van der Waals surface area (Å²) < 4.78 is 0.302. The van der Waals surface area contributed by atoms with Gasteiger partial charge in [-0.2, -0.15) is 0 Å². The number of benzene rings is 3. The fourth-order valence-electron chi connectivity index (χ4n) is 3.82. The molecule has 0 saturated heterocycles. The number of thioether (sulfide) groups is 3. The lowest BCUT2D eigenvalue weighted by molar-refractivity contribution is 0.502. The molecule has 4 rings (SSSR count). The summed E-state index contributed by atoms with van der Waals surface area (Å²) in [6.45, 7) is 0. The molecule has 1 aliphatic rings. The van der Waals surface area contributed by atoms with Crippen LogP contribution in [0.1, 0.15) is 36.8 Å². The predicted octanol–water partition coefficient (Wildman–Crippen LogP) is 8.28. The minimum Gasteiger partial charge on any atom is -0.139 e. The highest BCUT2D eigenvalue weighted by Gasteiger charge is 2.37. The van der Waals surface area contributed by atoms with E-state index in [-0.39, 0.29) is 0 Å². The summed E-state index contributed by atoms with van der Waals surface area (Å²) in [5, 5.41) is 0.706. The normalized spacial score (nSPS) is 18.4. The third kappa shape index (κ3) is 6.34. The largest absolute Gasteiger partial charge is 0.139 e. The van der Waals surface area contributed by atoms with Crippen LogP contribution in [0.25, 0.3) is 0 Å². The first-order chi connectivity index (χ1) is 14.3. The molecule has 1 atom stereocenters. The van der Waals surface area contributed by atoms with E-state index >= 15 is 0 Å². The minimum atomic E-state index is 0.302. The molecule has 0 bridgehead atoms. The van der Waals surface area contributed by atoms with Crippen molar-refractivity contribution in [1.82, 2.24) is 0 Å². The number of hydrogen-bond donors (Lipinski definition) is 0. The Hall–Kier alpha value is -1.29. The standard InChI is InChI=1S/C26H28S3/c1-4-11-22(12-5-1)20-27-26(28-21-23-13-6-2-7-14-23)18-10-17-25(19-26)29-24-15-8-3-9-16-24/h1-9,11-16,25H,10,17-21H2. The van der Waals surface area contributed by atoms with Crippen LogP contribution in [0.15, 0.2) is 95.9 Å². The van der Waals surface area contributed by atoms with Gasteiger partial charge in [0.2, 0.25) is 0 Å². The zero-order valence-electron chi connectivity index (χ0n) is 16.7. The third-order valence-electron chi connectivity index (χ3n) is 5.36. The molecule has 1 fully saturated rings. The van der Waals surface area contributed by atoms with Crippen molar-refractivity contribution in [3.8, 4) is 0 Å². The van der Waals surface area contributed by atoms with Gasteiger partial charge in [0.1, 0.15) is 0 Å². The Bertz CT molecular complexity index is 805. The lowest BCUT2D eigenvalue weighted by atomic mass is 9.99. The molecule has 1 unspecified atom stereocenters. The van der Waals surface area contributed by atoms with E-state index in [1.165, 1.54) is 41.7 Å². The van der Waals surface area contributed by atoms with Crippen LogP contribution in [0.3, 0.4) is 0 Å². The van der Waals surface area contributed by atoms with Gasteiger partial charge in [-0.1, -0.05) is 85.3 Å². The second-order valence-corrected chi connectivity index (χ2v) is 12.0. The van der Waals surface area contributed by atoms with Crippen LogP contribution in [-0.2, 0) is 11.5 Å². The first-order valence-corrected chi connectivity index (χ1v) is 13.2. The topological polar surface area (TPSA) is 0 Å². The molecular weight excluding hydrogens is 408 g/mol. The molecule has 3 aromatic carbocycles. The summed E-state index contributed by atoms with van der Waals surface area (Å²) in [6, 6.07) is 32.9. The van der Waals surface area contributed by atoms with Crippen molar-refractivity contribution in [2.75, 3.05) is 0 Å². The van der Waals surface area contributed by atoms with Gasteiger partial charge in [-0.05, 0) is 42.5 Å². The van der Waals surface area contributed by atoms with E-state index in [2.05, 4.69) is 126 Å². The first kappa shape index (κ1) is 21.0. The molecular formula is C26H28S3. The Balaban J connectivity index is 1.47. The van der Waals surface area contributed by atoms with Gasteiger partial charge in [0.25, 0.3) is 0 Å². The van der Waals surface area contributed by atoms with Gasteiger partial charge in [0.15, 0.2) is 0 Å². The lowest BCUT2D eigenvalue weighted by Gasteiger charge is -2.40. The van der Waals surface area contributed by atoms with Crippen LogP contribution >= 0.6 is 35.3 Å². The smallest absolute Gasteiger partial charge is 0.0628 e. The van der Waals surface area contributed by atoms with E-state index in [1.807, 2.05) is 0 Å². The van der Waals surface area contributed by atoms with Gasteiger partial charge in [-0.3, -0.25) is 0 Å². The van der Waals surface area contributed by atoms with E-state index in [4.69, 9.17) is 0 Å². The molecule has 0 aliphatic heterocycles. The summed E-state index contributed by atoms with van der Waals surface area (Å²) in [7, 11) is 0. The average molecular weight is 437 g/mol. The summed E-state index contributed by atoms with van der Waals surface area (Å²) in [4.78, 5) is 1.41. The molecule has 0 nitrogen and oxygen atoms in total. The summed E-state index contributed by atoms with van der Waals surface area (Å²) in [6.07, 6.45) is 5.25. The Morgan fingerprint density at radius 2 is 1.21 bits per heavy atom. The van der Waals surface area contributed by atoms with Gasteiger partial charge in [0.05, 0.1) is 4.08 Å². The molecule has 3 heteroatoms. The molecule has 3 aromatic rings. The van der Waals surface area contributed by atoms with Crippen LogP contribution in [0.5, 0.6) is 0 Å². The highest BCUT2D eigenvalue weighted by Crippen LogP contribution is 2.53. The molecule has 0 radical (unpaired) electrons. The second-order valence-electron chi connectivity index (χ2n) is 7.61. The molecule has 150 valence electrons. The molecule has 1 saturated carbocycles. The Morgan fingerprint density at radius 1 is 0.690 bits per heavy atom. The van der Waals surface area contributed by atoms with Gasteiger partial charge in [-0.15, -0.1) is 35.3 Å². The molecule has 29 heavy (non-hydrogen) atoms. The van der Waals surface area contributed by atoms with Crippen molar-refractivity contribution < 1.29 is 0 Å². The first-order valence-electron chi connectivity index (χ1n) is 10.4. The van der Waals surface area contributed by atoms with Crippen molar-refractivity contribution in [3.63, 3.8) is 0 Å². The van der Waals surface area contributed by atoms with Gasteiger partial charge in [-0.25, -0.2) is 0 Å². The molecule has 0 amide bonds. The number of rotatable bonds is 8. The van der Waals surface area contributed by atoms with Crippen LogP contribution in [-0.4, -0.2) is 9.33 Å². The summed E-state index contributed by atoms with van der Waals surface area (Å²) in [5.74, 6) is 2.21. The SMILES string of the molecule is c1ccc(CSC2(SCc3ccccc3)CCCC(Sc3ccccc3)C2)cc1. The van der Waals surface area contributed by atoms with Crippen LogP contribution in [0.2, 0.25) is 0 Å². The molecule has 1 aliphatic carbocycles. The molecule has 0 heterocycles. The van der Waals surface area contributed by atoms with Crippen molar-refractivity contribution in [1.29, 1.82) is 0 Å². The van der Waals surface area contributed by atoms with E-state index < -0.39 is 0 Å². The quantitative estimate of drug-likeness (QED) is 0.326. The van der Waals surface area contributed by atoms with E-state index in [0.717, 1.165) is 11.5 Å². The predicted molar refractivity (Wildman–Crippen MR) is 133 cm³/mol. The zero-order chi connectivity index (χ0) is 19.8. The van der Waals surface area contributed by atoms with E-state index in [1.54, 1.807) is 0 Å². The molecule has 0 aromatic heterocycles. The maximum atomic E-state index is 2.27. The maximum absolute atomic E-state index is 2.27. The van der Waals surface area contributed by atoms with E-state index in [0.29, 0.717) is 9.33 Å². The summed E-state index contributed by atoms with van der Waals surface area (Å²) in [5.41, 5.74) is 2.88. The monoisotopic (exact) mass is 436 g/mol. The number of hydrogen-bond acceptors (Lipinski definition) is 3. The Morgan fingerprint density at radius 3 is 1.76 bits per heavy atom. The Kier molecular flexibility index (Phi) is 7.70. The second kappa shape index (κ2) is 10.7. The minimum absolute atomic E-state index is 0.302. The highest BCUT2D eigenvalue weighted by molar-refractivity contribution is 8.17. The van der Waals surface area contributed by atoms with Crippen molar-refractivity contribution in [3.05, 3.63) is 102 Å². The maximum Gasteiger partial charge on any atom is 0.0628 e. The summed E-state index contributed by atoms with van der Waals surface area (Å²) >= 11 is 6.45. The molecule has 0 spiro atoms. The third-order valence-corrected chi connectivity index (χ3v) is 10.1. The fraction of sp³-hybridized carbons (Fsp3) is 0.308. The molecule has 0 N–H and O–H groups in total. The van der Waals surface area contributed by atoms with Gasteiger partial charge < -0.3 is 0 Å². The van der Waals surface area contributed by atoms with Crippen molar-refractivity contribution in [2.45, 2.75) is 51.4 Å². The average Bonchev–Trinajstić information content (AvgIpc) is 2.79. The Labute approximate surface area is 188 Å². The van der Waals surface area contributed by atoms with Crippen LogP contribution < -0.4 is 0 Å². The van der Waals surface area contributed by atoms with Crippen molar-refractivity contribution >= 4 is 35.3 Å². The lowest BCUT2D eigenvalue weighted by Crippen LogP contribution is -2.30. The van der Waals surface area contributed by atoms with Gasteiger partial charge in [0, 0.05) is 21.7 Å². The van der Waals surface area contributed by atoms with Crippen LogP contribution in [0, 0.1) is 0 Å². The zero-order valence-corrected chi connectivity index (χ0v) is 19.2. The van der Waals surface area contributed by atoms with Crippen LogP contribution in [0.4, 0.5) is 0 Å². The highest BCUT2D eigenvalue weighted by atomic mass is 32.2. The fourth-order valence-corrected chi connectivity index (χ4v) is 8.53.